The fourth-order valence-corrected chi connectivity index (χ4v) is 6.10. The largest absolute Gasteiger partial charge is 0.416 e. The predicted molar refractivity (Wildman–Crippen MR) is 134 cm³/mol. The summed E-state index contributed by atoms with van der Waals surface area (Å²) in [5.74, 6) is 0.154. The second-order valence-electron chi connectivity index (χ2n) is 10.9. The van der Waals surface area contributed by atoms with E-state index < -0.39 is 29.2 Å². The van der Waals surface area contributed by atoms with Gasteiger partial charge < -0.3 is 14.8 Å². The maximum atomic E-state index is 14.2. The number of hydrogen-bond acceptors (Lipinski definition) is 4. The lowest BCUT2D eigenvalue weighted by atomic mass is 9.62. The molecule has 6 rings (SSSR count). The maximum Gasteiger partial charge on any atom is 0.416 e. The van der Waals surface area contributed by atoms with Crippen LogP contribution in [0.5, 0.6) is 0 Å². The molecule has 2 heterocycles. The van der Waals surface area contributed by atoms with Crippen molar-refractivity contribution in [2.45, 2.75) is 75.4 Å². The van der Waals surface area contributed by atoms with E-state index in [9.17, 15) is 22.4 Å². The first kappa shape index (κ1) is 25.0. The molecule has 1 amide bonds. The van der Waals surface area contributed by atoms with Gasteiger partial charge in [-0.05, 0) is 73.6 Å². The summed E-state index contributed by atoms with van der Waals surface area (Å²) in [6.07, 6.45) is -0.451. The summed E-state index contributed by atoms with van der Waals surface area (Å²) in [7, 11) is 1.80. The molecular weight excluding hydrogens is 498 g/mol. The van der Waals surface area contributed by atoms with Gasteiger partial charge in [-0.15, -0.1) is 10.2 Å². The smallest absolute Gasteiger partial charge is 0.320 e. The van der Waals surface area contributed by atoms with Crippen molar-refractivity contribution in [3.63, 3.8) is 0 Å². The van der Waals surface area contributed by atoms with Crippen LogP contribution in [0.2, 0.25) is 0 Å². The fraction of sp³-hybridized carbons (Fsp3) is 0.464. The van der Waals surface area contributed by atoms with Crippen molar-refractivity contribution in [1.29, 1.82) is 0 Å². The number of benzene rings is 2. The SMILES string of the molecule is C[C@H](NC1CCC1)c1cc2c(c(C(F)(F)F)c1)CN(c1cccc(C3(c4nncn4C)CC(F)C3)c1)C2=O. The molecule has 2 fully saturated rings. The zero-order chi connectivity index (χ0) is 26.8. The Morgan fingerprint density at radius 1 is 1.16 bits per heavy atom. The number of hydrogen-bond donors (Lipinski definition) is 1. The van der Waals surface area contributed by atoms with Crippen LogP contribution in [0.3, 0.4) is 0 Å². The van der Waals surface area contributed by atoms with Gasteiger partial charge in [0.2, 0.25) is 0 Å². The monoisotopic (exact) mass is 527 g/mol. The standard InChI is InChI=1S/C28H29F4N5O/c1-16(34-20-6-4-7-20)17-9-22-23(24(10-17)28(30,31)32)14-37(25(22)38)21-8-3-5-18(11-21)27(12-19(29)13-27)26-35-33-15-36(26)2/h3,5,8-11,15-16,19-20,34H,4,6-7,12-14H2,1-2H3/t16-,19?,27?/m0/s1. The van der Waals surface area contributed by atoms with E-state index in [-0.39, 0.29) is 36.6 Å². The van der Waals surface area contributed by atoms with E-state index in [1.807, 2.05) is 13.0 Å². The van der Waals surface area contributed by atoms with Gasteiger partial charge in [0.1, 0.15) is 18.3 Å². The summed E-state index contributed by atoms with van der Waals surface area (Å²) in [6.45, 7) is 1.66. The van der Waals surface area contributed by atoms with Crippen LogP contribution in [0.4, 0.5) is 23.2 Å². The Labute approximate surface area is 218 Å². The number of fused-ring (bicyclic) bond motifs is 1. The van der Waals surface area contributed by atoms with Gasteiger partial charge in [0.15, 0.2) is 0 Å². The molecule has 0 saturated heterocycles. The number of alkyl halides is 4. The van der Waals surface area contributed by atoms with Crippen LogP contribution in [0, 0.1) is 0 Å². The first-order chi connectivity index (χ1) is 18.1. The number of nitrogens with one attached hydrogen (secondary N) is 1. The van der Waals surface area contributed by atoms with Crippen LogP contribution >= 0.6 is 0 Å². The van der Waals surface area contributed by atoms with Crippen molar-refractivity contribution in [3.05, 3.63) is 76.4 Å². The van der Waals surface area contributed by atoms with Crippen LogP contribution < -0.4 is 10.2 Å². The molecule has 2 saturated carbocycles. The van der Waals surface area contributed by atoms with Gasteiger partial charge in [-0.1, -0.05) is 18.6 Å². The van der Waals surface area contributed by atoms with Crippen LogP contribution in [0.25, 0.3) is 0 Å². The number of halogens is 4. The first-order valence-corrected chi connectivity index (χ1v) is 13.0. The number of nitrogens with zero attached hydrogens (tertiary/aromatic N) is 4. The third-order valence-electron chi connectivity index (χ3n) is 8.45. The lowest BCUT2D eigenvalue weighted by molar-refractivity contribution is -0.138. The number of rotatable bonds is 6. The Morgan fingerprint density at radius 3 is 2.53 bits per heavy atom. The second kappa shape index (κ2) is 8.90. The van der Waals surface area contributed by atoms with E-state index in [1.54, 1.807) is 42.2 Å². The minimum absolute atomic E-state index is 0.0111. The van der Waals surface area contributed by atoms with E-state index in [4.69, 9.17) is 0 Å². The van der Waals surface area contributed by atoms with Crippen molar-refractivity contribution in [2.75, 3.05) is 4.90 Å². The van der Waals surface area contributed by atoms with Crippen molar-refractivity contribution < 1.29 is 22.4 Å². The molecular formula is C28H29F4N5O. The van der Waals surface area contributed by atoms with Gasteiger partial charge in [0, 0.05) is 30.4 Å². The number of anilines is 1. The van der Waals surface area contributed by atoms with E-state index in [1.165, 1.54) is 11.0 Å². The molecule has 38 heavy (non-hydrogen) atoms. The molecule has 10 heteroatoms. The molecule has 1 N–H and O–H groups in total. The van der Waals surface area contributed by atoms with Gasteiger partial charge >= 0.3 is 6.18 Å². The van der Waals surface area contributed by atoms with Crippen molar-refractivity contribution in [1.82, 2.24) is 20.1 Å². The number of amides is 1. The Kier molecular flexibility index (Phi) is 5.86. The Bertz CT molecular complexity index is 1390. The summed E-state index contributed by atoms with van der Waals surface area (Å²) in [5.41, 5.74) is 0.289. The number of carbonyl (C=O) groups excluding carboxylic acids is 1. The lowest BCUT2D eigenvalue weighted by Crippen LogP contribution is -2.45. The van der Waals surface area contributed by atoms with Crippen LogP contribution in [0.15, 0.2) is 42.7 Å². The zero-order valence-corrected chi connectivity index (χ0v) is 21.2. The molecule has 3 aromatic rings. The van der Waals surface area contributed by atoms with Crippen LogP contribution in [-0.2, 0) is 25.2 Å². The van der Waals surface area contributed by atoms with Gasteiger partial charge in [-0.2, -0.15) is 13.2 Å². The molecule has 3 aliphatic rings. The molecule has 1 aliphatic heterocycles. The van der Waals surface area contributed by atoms with E-state index >= 15 is 0 Å². The second-order valence-corrected chi connectivity index (χ2v) is 10.9. The normalized spacial score (nSPS) is 24.2. The highest BCUT2D eigenvalue weighted by Gasteiger charge is 2.51. The van der Waals surface area contributed by atoms with Crippen molar-refractivity contribution in [3.8, 4) is 0 Å². The molecule has 0 spiro atoms. The Hall–Kier alpha value is -3.27. The van der Waals surface area contributed by atoms with E-state index in [0.29, 0.717) is 23.1 Å². The molecule has 0 unspecified atom stereocenters. The number of aromatic nitrogens is 3. The Balaban J connectivity index is 1.36. The highest BCUT2D eigenvalue weighted by molar-refractivity contribution is 6.10. The van der Waals surface area contributed by atoms with E-state index in [0.717, 1.165) is 24.8 Å². The van der Waals surface area contributed by atoms with Crippen LogP contribution in [0.1, 0.15) is 83.5 Å². The first-order valence-electron chi connectivity index (χ1n) is 13.0. The quantitative estimate of drug-likeness (QED) is 0.423. The van der Waals surface area contributed by atoms with Gasteiger partial charge in [0.25, 0.3) is 5.91 Å². The summed E-state index contributed by atoms with van der Waals surface area (Å²) in [5, 5.41) is 11.6. The third kappa shape index (κ3) is 4.00. The maximum absolute atomic E-state index is 14.2. The van der Waals surface area contributed by atoms with Crippen molar-refractivity contribution in [2.24, 2.45) is 7.05 Å². The minimum atomic E-state index is -4.59. The molecule has 2 aliphatic carbocycles. The molecule has 1 atom stereocenters. The lowest BCUT2D eigenvalue weighted by Gasteiger charge is -2.43. The minimum Gasteiger partial charge on any atom is -0.320 e. The molecule has 2 aromatic carbocycles. The van der Waals surface area contributed by atoms with Crippen molar-refractivity contribution >= 4 is 11.6 Å². The molecule has 1 aromatic heterocycles. The summed E-state index contributed by atoms with van der Waals surface area (Å²) >= 11 is 0. The summed E-state index contributed by atoms with van der Waals surface area (Å²) in [4.78, 5) is 15.0. The summed E-state index contributed by atoms with van der Waals surface area (Å²) in [6, 6.07) is 9.86. The third-order valence-corrected chi connectivity index (χ3v) is 8.45. The summed E-state index contributed by atoms with van der Waals surface area (Å²) < 4.78 is 58.5. The molecule has 0 bridgehead atoms. The highest BCUT2D eigenvalue weighted by Crippen LogP contribution is 2.50. The van der Waals surface area contributed by atoms with Gasteiger partial charge in [0.05, 0.1) is 17.5 Å². The fourth-order valence-electron chi connectivity index (χ4n) is 6.10. The van der Waals surface area contributed by atoms with Crippen LogP contribution in [-0.4, -0.2) is 32.9 Å². The van der Waals surface area contributed by atoms with E-state index in [2.05, 4.69) is 15.5 Å². The average molecular weight is 528 g/mol. The topological polar surface area (TPSA) is 63.0 Å². The molecule has 6 nitrogen and oxygen atoms in total. The van der Waals surface area contributed by atoms with Gasteiger partial charge in [-0.3, -0.25) is 4.79 Å². The molecule has 0 radical (unpaired) electrons. The number of carbonyl (C=O) groups is 1. The van der Waals surface area contributed by atoms with Gasteiger partial charge in [-0.25, -0.2) is 4.39 Å². The average Bonchev–Trinajstić information content (AvgIpc) is 3.41. The Morgan fingerprint density at radius 2 is 1.92 bits per heavy atom. The molecule has 200 valence electrons. The highest BCUT2D eigenvalue weighted by atomic mass is 19.4. The predicted octanol–water partition coefficient (Wildman–Crippen LogP) is 5.62. The number of aryl methyl sites for hydroxylation is 1. The zero-order valence-electron chi connectivity index (χ0n) is 21.2.